The van der Waals surface area contributed by atoms with Gasteiger partial charge >= 0.3 is 5.97 Å². The summed E-state index contributed by atoms with van der Waals surface area (Å²) in [6, 6.07) is 6.15. The van der Waals surface area contributed by atoms with E-state index in [9.17, 15) is 9.18 Å². The fourth-order valence-electron chi connectivity index (χ4n) is 1.51. The van der Waals surface area contributed by atoms with Gasteiger partial charge < -0.3 is 9.84 Å². The third-order valence-electron chi connectivity index (χ3n) is 2.46. The number of thiophene rings is 1. The molecule has 1 heterocycles. The standard InChI is InChI=1S/C13H11FO3S/c1-8-6-10(2-3-11(8)14)17-7-9-4-5-18-12(9)13(15)16/h2-6H,7H2,1H3,(H,15,16). The summed E-state index contributed by atoms with van der Waals surface area (Å²) in [5.74, 6) is -0.723. The number of halogens is 1. The van der Waals surface area contributed by atoms with E-state index < -0.39 is 5.97 Å². The third kappa shape index (κ3) is 2.68. The molecule has 0 aliphatic heterocycles. The monoisotopic (exact) mass is 266 g/mol. The van der Waals surface area contributed by atoms with Gasteiger partial charge in [0.1, 0.15) is 23.1 Å². The Labute approximate surface area is 107 Å². The van der Waals surface area contributed by atoms with Crippen LogP contribution in [0.25, 0.3) is 0 Å². The van der Waals surface area contributed by atoms with Crippen LogP contribution in [0.1, 0.15) is 20.8 Å². The number of benzene rings is 1. The van der Waals surface area contributed by atoms with E-state index in [-0.39, 0.29) is 17.3 Å². The number of aromatic carboxylic acids is 1. The molecule has 1 aromatic heterocycles. The van der Waals surface area contributed by atoms with Crippen LogP contribution in [0.5, 0.6) is 5.75 Å². The van der Waals surface area contributed by atoms with E-state index in [1.165, 1.54) is 12.1 Å². The molecular weight excluding hydrogens is 255 g/mol. The van der Waals surface area contributed by atoms with Gasteiger partial charge in [0.2, 0.25) is 0 Å². The van der Waals surface area contributed by atoms with E-state index >= 15 is 0 Å². The predicted octanol–water partition coefficient (Wildman–Crippen LogP) is 3.47. The number of ether oxygens (including phenoxy) is 1. The van der Waals surface area contributed by atoms with Gasteiger partial charge in [0, 0.05) is 5.56 Å². The molecule has 3 nitrogen and oxygen atoms in total. The molecule has 0 atom stereocenters. The van der Waals surface area contributed by atoms with Crippen LogP contribution in [0.3, 0.4) is 0 Å². The molecule has 1 N–H and O–H groups in total. The third-order valence-corrected chi connectivity index (χ3v) is 3.41. The molecule has 1 aromatic carbocycles. The van der Waals surface area contributed by atoms with Gasteiger partial charge in [-0.05, 0) is 42.1 Å². The van der Waals surface area contributed by atoms with Crippen molar-refractivity contribution in [1.29, 1.82) is 0 Å². The number of carbonyl (C=O) groups is 1. The highest BCUT2D eigenvalue weighted by Gasteiger charge is 2.12. The lowest BCUT2D eigenvalue weighted by atomic mass is 10.2. The Morgan fingerprint density at radius 1 is 1.44 bits per heavy atom. The SMILES string of the molecule is Cc1cc(OCc2ccsc2C(=O)O)ccc1F. The fraction of sp³-hybridized carbons (Fsp3) is 0.154. The Hall–Kier alpha value is -1.88. The Balaban J connectivity index is 2.09. The van der Waals surface area contributed by atoms with Crippen LogP contribution in [0.15, 0.2) is 29.6 Å². The van der Waals surface area contributed by atoms with Crippen molar-refractivity contribution < 1.29 is 19.0 Å². The van der Waals surface area contributed by atoms with Crippen molar-refractivity contribution in [2.45, 2.75) is 13.5 Å². The quantitative estimate of drug-likeness (QED) is 0.921. The van der Waals surface area contributed by atoms with Gasteiger partial charge in [-0.25, -0.2) is 9.18 Å². The number of carboxylic acids is 1. The first-order valence-corrected chi connectivity index (χ1v) is 6.14. The number of carboxylic acid groups (broad SMARTS) is 1. The molecule has 0 amide bonds. The van der Waals surface area contributed by atoms with E-state index in [0.717, 1.165) is 11.3 Å². The molecule has 0 saturated carbocycles. The van der Waals surface area contributed by atoms with E-state index in [1.54, 1.807) is 24.4 Å². The molecule has 94 valence electrons. The summed E-state index contributed by atoms with van der Waals surface area (Å²) in [6.45, 7) is 1.81. The van der Waals surface area contributed by atoms with Crippen LogP contribution in [0, 0.1) is 12.7 Å². The van der Waals surface area contributed by atoms with Crippen molar-refractivity contribution in [2.75, 3.05) is 0 Å². The van der Waals surface area contributed by atoms with Gasteiger partial charge in [-0.1, -0.05) is 0 Å². The first kappa shape index (κ1) is 12.6. The number of aryl methyl sites for hydroxylation is 1. The van der Waals surface area contributed by atoms with Crippen LogP contribution < -0.4 is 4.74 Å². The molecule has 2 rings (SSSR count). The second-order valence-electron chi connectivity index (χ2n) is 3.78. The van der Waals surface area contributed by atoms with Crippen molar-refractivity contribution in [3.63, 3.8) is 0 Å². The average molecular weight is 266 g/mol. The lowest BCUT2D eigenvalue weighted by molar-refractivity contribution is 0.0699. The minimum atomic E-state index is -0.959. The molecule has 0 saturated heterocycles. The average Bonchev–Trinajstić information content (AvgIpc) is 2.79. The lowest BCUT2D eigenvalue weighted by Gasteiger charge is -2.07. The minimum Gasteiger partial charge on any atom is -0.489 e. The van der Waals surface area contributed by atoms with Crippen LogP contribution in [0.2, 0.25) is 0 Å². The largest absolute Gasteiger partial charge is 0.489 e. The molecule has 0 spiro atoms. The van der Waals surface area contributed by atoms with E-state index in [4.69, 9.17) is 9.84 Å². The molecular formula is C13H11FO3S. The zero-order valence-corrected chi connectivity index (χ0v) is 10.5. The summed E-state index contributed by atoms with van der Waals surface area (Å²) in [7, 11) is 0. The topological polar surface area (TPSA) is 46.5 Å². The fourth-order valence-corrected chi connectivity index (χ4v) is 2.25. The molecule has 18 heavy (non-hydrogen) atoms. The van der Waals surface area contributed by atoms with Crippen LogP contribution in [0.4, 0.5) is 4.39 Å². The maximum Gasteiger partial charge on any atom is 0.346 e. The second kappa shape index (κ2) is 5.18. The Kier molecular flexibility index (Phi) is 3.62. The van der Waals surface area contributed by atoms with E-state index in [1.807, 2.05) is 0 Å². The molecule has 0 aliphatic rings. The van der Waals surface area contributed by atoms with Crippen molar-refractivity contribution in [2.24, 2.45) is 0 Å². The highest BCUT2D eigenvalue weighted by Crippen LogP contribution is 2.21. The first-order valence-electron chi connectivity index (χ1n) is 5.26. The number of hydrogen-bond donors (Lipinski definition) is 1. The summed E-state index contributed by atoms with van der Waals surface area (Å²) in [6.07, 6.45) is 0. The molecule has 0 unspecified atom stereocenters. The van der Waals surface area contributed by atoms with Gasteiger partial charge in [-0.3, -0.25) is 0 Å². The number of hydrogen-bond acceptors (Lipinski definition) is 3. The van der Waals surface area contributed by atoms with Crippen molar-refractivity contribution in [3.8, 4) is 5.75 Å². The molecule has 0 radical (unpaired) electrons. The summed E-state index contributed by atoms with van der Waals surface area (Å²) in [5.41, 5.74) is 1.12. The van der Waals surface area contributed by atoms with Gasteiger partial charge in [0.05, 0.1) is 0 Å². The van der Waals surface area contributed by atoms with Crippen LogP contribution >= 0.6 is 11.3 Å². The van der Waals surface area contributed by atoms with Crippen molar-refractivity contribution in [3.05, 3.63) is 51.5 Å². The summed E-state index contributed by atoms with van der Waals surface area (Å²) in [4.78, 5) is 11.2. The van der Waals surface area contributed by atoms with Gasteiger partial charge in [-0.15, -0.1) is 11.3 Å². The molecule has 0 bridgehead atoms. The zero-order valence-electron chi connectivity index (χ0n) is 9.64. The maximum absolute atomic E-state index is 13.1. The minimum absolute atomic E-state index is 0.163. The van der Waals surface area contributed by atoms with Crippen LogP contribution in [-0.2, 0) is 6.61 Å². The van der Waals surface area contributed by atoms with E-state index in [2.05, 4.69) is 0 Å². The van der Waals surface area contributed by atoms with Crippen molar-refractivity contribution >= 4 is 17.3 Å². The Morgan fingerprint density at radius 3 is 2.89 bits per heavy atom. The van der Waals surface area contributed by atoms with Crippen LogP contribution in [-0.4, -0.2) is 11.1 Å². The molecule has 0 fully saturated rings. The van der Waals surface area contributed by atoms with E-state index in [0.29, 0.717) is 16.9 Å². The van der Waals surface area contributed by atoms with Gasteiger partial charge in [-0.2, -0.15) is 0 Å². The normalized spacial score (nSPS) is 10.3. The van der Waals surface area contributed by atoms with Gasteiger partial charge in [0.15, 0.2) is 0 Å². The summed E-state index contributed by atoms with van der Waals surface area (Å²) >= 11 is 1.16. The summed E-state index contributed by atoms with van der Waals surface area (Å²) < 4.78 is 18.5. The van der Waals surface area contributed by atoms with Crippen molar-refractivity contribution in [1.82, 2.24) is 0 Å². The van der Waals surface area contributed by atoms with Gasteiger partial charge in [0.25, 0.3) is 0 Å². The lowest BCUT2D eigenvalue weighted by Crippen LogP contribution is -2.02. The summed E-state index contributed by atoms with van der Waals surface area (Å²) in [5, 5.41) is 10.6. The maximum atomic E-state index is 13.1. The molecule has 0 aliphatic carbocycles. The highest BCUT2D eigenvalue weighted by molar-refractivity contribution is 7.12. The molecule has 2 aromatic rings. The smallest absolute Gasteiger partial charge is 0.346 e. The predicted molar refractivity (Wildman–Crippen MR) is 66.7 cm³/mol. The number of rotatable bonds is 4. The zero-order chi connectivity index (χ0) is 13.1. The first-order chi connectivity index (χ1) is 8.58. The highest BCUT2D eigenvalue weighted by atomic mass is 32.1. The Bertz CT molecular complexity index is 577. The second-order valence-corrected chi connectivity index (χ2v) is 4.70. The Morgan fingerprint density at radius 2 is 2.22 bits per heavy atom. The molecule has 5 heteroatoms.